The maximum atomic E-state index is 12.1. The quantitative estimate of drug-likeness (QED) is 0.828. The first-order valence-corrected chi connectivity index (χ1v) is 6.98. The Bertz CT molecular complexity index is 518. The summed E-state index contributed by atoms with van der Waals surface area (Å²) >= 11 is 0. The van der Waals surface area contributed by atoms with E-state index >= 15 is 0 Å². The third kappa shape index (κ3) is 3.95. The molecule has 1 heterocycles. The molecule has 1 saturated heterocycles. The SMILES string of the molecule is CCN1CCOC(=O)[C@H]1CC(=O)Nc1cccc(OC)c1. The molecule has 0 unspecified atom stereocenters. The highest BCUT2D eigenvalue weighted by molar-refractivity contribution is 5.94. The summed E-state index contributed by atoms with van der Waals surface area (Å²) in [4.78, 5) is 25.8. The van der Waals surface area contributed by atoms with Gasteiger partial charge in [-0.2, -0.15) is 0 Å². The average molecular weight is 292 g/mol. The lowest BCUT2D eigenvalue weighted by Gasteiger charge is -2.32. The summed E-state index contributed by atoms with van der Waals surface area (Å²) in [6, 6.07) is 6.59. The molecule has 21 heavy (non-hydrogen) atoms. The van der Waals surface area contributed by atoms with E-state index in [9.17, 15) is 9.59 Å². The van der Waals surface area contributed by atoms with Crippen LogP contribution in [0.1, 0.15) is 13.3 Å². The van der Waals surface area contributed by atoms with Crippen LogP contribution in [0.4, 0.5) is 5.69 Å². The Hall–Kier alpha value is -2.08. The number of carbonyl (C=O) groups is 2. The normalized spacial score (nSPS) is 19.0. The highest BCUT2D eigenvalue weighted by Crippen LogP contribution is 2.18. The molecule has 1 aromatic rings. The highest BCUT2D eigenvalue weighted by atomic mass is 16.5. The summed E-state index contributed by atoms with van der Waals surface area (Å²) < 4.78 is 10.1. The van der Waals surface area contributed by atoms with Gasteiger partial charge in [0.2, 0.25) is 5.91 Å². The smallest absolute Gasteiger partial charge is 0.323 e. The second kappa shape index (κ2) is 7.08. The van der Waals surface area contributed by atoms with Gasteiger partial charge in [-0.15, -0.1) is 0 Å². The van der Waals surface area contributed by atoms with Crippen LogP contribution >= 0.6 is 0 Å². The van der Waals surface area contributed by atoms with Crippen LogP contribution in [0.3, 0.4) is 0 Å². The summed E-state index contributed by atoms with van der Waals surface area (Å²) in [5.74, 6) is 0.120. The number of ether oxygens (including phenoxy) is 2. The molecule has 1 aliphatic rings. The van der Waals surface area contributed by atoms with Gasteiger partial charge >= 0.3 is 5.97 Å². The number of carbonyl (C=O) groups excluding carboxylic acids is 2. The molecule has 0 aliphatic carbocycles. The molecule has 1 fully saturated rings. The number of nitrogens with one attached hydrogen (secondary N) is 1. The molecule has 1 aromatic carbocycles. The largest absolute Gasteiger partial charge is 0.497 e. The van der Waals surface area contributed by atoms with Crippen molar-refractivity contribution in [2.24, 2.45) is 0 Å². The zero-order valence-corrected chi connectivity index (χ0v) is 12.3. The lowest BCUT2D eigenvalue weighted by Crippen LogP contribution is -2.50. The fraction of sp³-hybridized carbons (Fsp3) is 0.467. The van der Waals surface area contributed by atoms with E-state index in [0.717, 1.165) is 0 Å². The Morgan fingerprint density at radius 1 is 1.52 bits per heavy atom. The monoisotopic (exact) mass is 292 g/mol. The molecule has 0 bridgehead atoms. The van der Waals surface area contributed by atoms with Crippen molar-refractivity contribution in [1.29, 1.82) is 0 Å². The van der Waals surface area contributed by atoms with E-state index in [0.29, 0.717) is 31.1 Å². The van der Waals surface area contributed by atoms with E-state index in [1.54, 1.807) is 31.4 Å². The van der Waals surface area contributed by atoms with Crippen molar-refractivity contribution in [3.63, 3.8) is 0 Å². The zero-order chi connectivity index (χ0) is 15.2. The minimum absolute atomic E-state index is 0.0872. The van der Waals surface area contributed by atoms with Gasteiger partial charge in [0.15, 0.2) is 0 Å². The van der Waals surface area contributed by atoms with Crippen molar-refractivity contribution in [2.45, 2.75) is 19.4 Å². The van der Waals surface area contributed by atoms with Crippen LogP contribution in [0.5, 0.6) is 5.75 Å². The molecule has 1 atom stereocenters. The first-order valence-electron chi connectivity index (χ1n) is 6.98. The molecule has 0 saturated carbocycles. The number of hydrogen-bond donors (Lipinski definition) is 1. The number of hydrogen-bond acceptors (Lipinski definition) is 5. The fourth-order valence-electron chi connectivity index (χ4n) is 2.34. The van der Waals surface area contributed by atoms with Crippen molar-refractivity contribution in [3.8, 4) is 5.75 Å². The summed E-state index contributed by atoms with van der Waals surface area (Å²) in [5, 5.41) is 2.78. The van der Waals surface area contributed by atoms with Crippen LogP contribution in [-0.4, -0.2) is 49.6 Å². The summed E-state index contributed by atoms with van der Waals surface area (Å²) in [6.45, 7) is 3.73. The van der Waals surface area contributed by atoms with Gasteiger partial charge in [0.1, 0.15) is 18.4 Å². The van der Waals surface area contributed by atoms with Crippen molar-refractivity contribution in [2.75, 3.05) is 32.1 Å². The highest BCUT2D eigenvalue weighted by Gasteiger charge is 2.32. The predicted octanol–water partition coefficient (Wildman–Crippen LogP) is 1.27. The molecule has 0 radical (unpaired) electrons. The fourth-order valence-corrected chi connectivity index (χ4v) is 2.34. The van der Waals surface area contributed by atoms with Gasteiger partial charge in [-0.3, -0.25) is 14.5 Å². The van der Waals surface area contributed by atoms with E-state index in [4.69, 9.17) is 9.47 Å². The van der Waals surface area contributed by atoms with Crippen molar-refractivity contribution in [3.05, 3.63) is 24.3 Å². The average Bonchev–Trinajstić information content (AvgIpc) is 2.49. The summed E-state index contributed by atoms with van der Waals surface area (Å²) in [5.41, 5.74) is 0.645. The molecule has 114 valence electrons. The Kier molecular flexibility index (Phi) is 5.16. The van der Waals surface area contributed by atoms with Gasteiger partial charge in [0.25, 0.3) is 0 Å². The first kappa shape index (κ1) is 15.3. The van der Waals surface area contributed by atoms with Gasteiger partial charge in [-0.25, -0.2) is 0 Å². The molecular weight excluding hydrogens is 272 g/mol. The first-order chi connectivity index (χ1) is 10.1. The van der Waals surface area contributed by atoms with Gasteiger partial charge < -0.3 is 14.8 Å². The molecule has 0 aromatic heterocycles. The van der Waals surface area contributed by atoms with E-state index in [2.05, 4.69) is 5.32 Å². The molecule has 1 amide bonds. The van der Waals surface area contributed by atoms with Crippen LogP contribution < -0.4 is 10.1 Å². The lowest BCUT2D eigenvalue weighted by molar-refractivity contribution is -0.158. The van der Waals surface area contributed by atoms with Gasteiger partial charge in [-0.1, -0.05) is 13.0 Å². The second-order valence-electron chi connectivity index (χ2n) is 4.80. The number of benzene rings is 1. The maximum absolute atomic E-state index is 12.1. The third-order valence-corrected chi connectivity index (χ3v) is 3.47. The Labute approximate surface area is 124 Å². The van der Waals surface area contributed by atoms with E-state index < -0.39 is 6.04 Å². The number of anilines is 1. The van der Waals surface area contributed by atoms with Gasteiger partial charge in [0.05, 0.1) is 13.5 Å². The topological polar surface area (TPSA) is 67.9 Å². The molecule has 0 spiro atoms. The second-order valence-corrected chi connectivity index (χ2v) is 4.80. The number of cyclic esters (lactones) is 1. The predicted molar refractivity (Wildman–Crippen MR) is 78.2 cm³/mol. The Balaban J connectivity index is 1.98. The van der Waals surface area contributed by atoms with Crippen LogP contribution in [0.15, 0.2) is 24.3 Å². The number of morpholine rings is 1. The maximum Gasteiger partial charge on any atom is 0.323 e. The number of rotatable bonds is 5. The van der Waals surface area contributed by atoms with Crippen LogP contribution in [0, 0.1) is 0 Å². The van der Waals surface area contributed by atoms with Gasteiger partial charge in [-0.05, 0) is 18.7 Å². The molecule has 1 N–H and O–H groups in total. The van der Waals surface area contributed by atoms with Crippen LogP contribution in [0.2, 0.25) is 0 Å². The Morgan fingerprint density at radius 2 is 2.33 bits per heavy atom. The summed E-state index contributed by atoms with van der Waals surface area (Å²) in [7, 11) is 1.57. The number of amides is 1. The minimum atomic E-state index is -0.505. The third-order valence-electron chi connectivity index (χ3n) is 3.47. The van der Waals surface area contributed by atoms with Crippen molar-refractivity contribution in [1.82, 2.24) is 4.90 Å². The summed E-state index contributed by atoms with van der Waals surface area (Å²) in [6.07, 6.45) is 0.0872. The number of likely N-dealkylation sites (N-methyl/N-ethyl adjacent to an activating group) is 1. The number of esters is 1. The molecule has 6 heteroatoms. The minimum Gasteiger partial charge on any atom is -0.497 e. The van der Waals surface area contributed by atoms with Crippen molar-refractivity contribution >= 4 is 17.6 Å². The van der Waals surface area contributed by atoms with E-state index in [1.807, 2.05) is 11.8 Å². The molecule has 2 rings (SSSR count). The number of methoxy groups -OCH3 is 1. The van der Waals surface area contributed by atoms with Crippen LogP contribution in [0.25, 0.3) is 0 Å². The van der Waals surface area contributed by atoms with Crippen LogP contribution in [-0.2, 0) is 14.3 Å². The number of nitrogens with zero attached hydrogens (tertiary/aromatic N) is 1. The standard InChI is InChI=1S/C15H20N2O4/c1-3-17-7-8-21-15(19)13(17)10-14(18)16-11-5-4-6-12(9-11)20-2/h4-6,9,13H,3,7-8,10H2,1-2H3,(H,16,18)/t13-/m1/s1. The zero-order valence-electron chi connectivity index (χ0n) is 12.3. The van der Waals surface area contributed by atoms with Gasteiger partial charge in [0, 0.05) is 18.3 Å². The van der Waals surface area contributed by atoms with Crippen molar-refractivity contribution < 1.29 is 19.1 Å². The molecule has 6 nitrogen and oxygen atoms in total. The van der Waals surface area contributed by atoms with E-state index in [-0.39, 0.29) is 18.3 Å². The molecular formula is C15H20N2O4. The Morgan fingerprint density at radius 3 is 3.05 bits per heavy atom. The lowest BCUT2D eigenvalue weighted by atomic mass is 10.1. The molecule has 1 aliphatic heterocycles. The van der Waals surface area contributed by atoms with E-state index in [1.165, 1.54) is 0 Å².